The average Bonchev–Trinajstić information content (AvgIpc) is 1.95. The molecule has 3 heteroatoms. The molecule has 0 amide bonds. The maximum absolute atomic E-state index is 2.36. The van der Waals surface area contributed by atoms with Crippen molar-refractivity contribution >= 4 is 23.0 Å². The van der Waals surface area contributed by atoms with Crippen LogP contribution in [0.1, 0.15) is 13.8 Å². The van der Waals surface area contributed by atoms with Crippen molar-refractivity contribution in [3.8, 4) is 0 Å². The summed E-state index contributed by atoms with van der Waals surface area (Å²) in [6.45, 7) is 4.73. The van der Waals surface area contributed by atoms with Crippen LogP contribution in [0.25, 0.3) is 0 Å². The van der Waals surface area contributed by atoms with E-state index >= 15 is 0 Å². The minimum absolute atomic E-state index is 0.691. The molecular weight excluding hydrogens is 125 g/mol. The van der Waals surface area contributed by atoms with Crippen molar-refractivity contribution in [3.63, 3.8) is 0 Å². The van der Waals surface area contributed by atoms with Gasteiger partial charge >= 0.3 is 61.2 Å². The average molecular weight is 144 g/mol. The SMILES string of the molecule is BC[PH](CB)(CC)CC. The zero-order chi connectivity index (χ0) is 7.33. The summed E-state index contributed by atoms with van der Waals surface area (Å²) < 4.78 is 0. The Bertz CT molecular complexity index is 53.9. The van der Waals surface area contributed by atoms with Crippen molar-refractivity contribution in [2.24, 2.45) is 0 Å². The standard InChI is InChI=1S/C6H19B2P/c1-3-9(4-2,5-7)6-8/h9H,3-8H2,1-2H3. The van der Waals surface area contributed by atoms with Crippen LogP contribution in [-0.4, -0.2) is 40.1 Å². The third kappa shape index (κ3) is 2.34. The minimum atomic E-state index is -0.691. The molecule has 0 unspecified atom stereocenters. The normalized spacial score (nSPS) is 13.6. The fraction of sp³-hybridized carbons (Fsp3) is 1.00. The second kappa shape index (κ2) is 4.39. The summed E-state index contributed by atoms with van der Waals surface area (Å²) in [6.07, 6.45) is 2.97. The van der Waals surface area contributed by atoms with Gasteiger partial charge in [0.25, 0.3) is 0 Å². The molecule has 0 nitrogen and oxygen atoms in total. The van der Waals surface area contributed by atoms with Crippen molar-refractivity contribution in [1.82, 2.24) is 0 Å². The molecule has 0 heterocycles. The fourth-order valence-electron chi connectivity index (χ4n) is 1.50. The van der Waals surface area contributed by atoms with Crippen LogP contribution >= 0.6 is 7.26 Å². The molecule has 0 aliphatic heterocycles. The van der Waals surface area contributed by atoms with Crippen molar-refractivity contribution in [2.75, 3.05) is 24.4 Å². The predicted octanol–water partition coefficient (Wildman–Crippen LogP) is -0.0427. The summed E-state index contributed by atoms with van der Waals surface area (Å²) in [6, 6.07) is 2.97. The van der Waals surface area contributed by atoms with Crippen molar-refractivity contribution in [1.29, 1.82) is 0 Å². The number of rotatable bonds is 4. The predicted molar refractivity (Wildman–Crippen MR) is 56.2 cm³/mol. The van der Waals surface area contributed by atoms with Crippen LogP contribution in [0.3, 0.4) is 0 Å². The molecule has 0 radical (unpaired) electrons. The number of hydrogen-bond donors (Lipinski definition) is 0. The van der Waals surface area contributed by atoms with Gasteiger partial charge in [0.15, 0.2) is 0 Å². The Morgan fingerprint density at radius 1 is 1.00 bits per heavy atom. The third-order valence-electron chi connectivity index (χ3n) is 3.00. The second-order valence-electron chi connectivity index (χ2n) is 2.91. The molecular formula is C6H19B2P. The molecule has 0 atom stereocenters. The van der Waals surface area contributed by atoms with Gasteiger partial charge in [-0.25, -0.2) is 0 Å². The monoisotopic (exact) mass is 144 g/mol. The first kappa shape index (κ1) is 9.56. The van der Waals surface area contributed by atoms with E-state index in [0.717, 1.165) is 0 Å². The van der Waals surface area contributed by atoms with Crippen molar-refractivity contribution in [3.05, 3.63) is 0 Å². The summed E-state index contributed by atoms with van der Waals surface area (Å²) >= 11 is 0. The summed E-state index contributed by atoms with van der Waals surface area (Å²) in [4.78, 5) is 0. The fourth-order valence-corrected chi connectivity index (χ4v) is 4.50. The maximum atomic E-state index is 2.36. The molecule has 0 rings (SSSR count). The molecule has 0 aromatic rings. The van der Waals surface area contributed by atoms with Gasteiger partial charge in [-0.2, -0.15) is 0 Å². The Kier molecular flexibility index (Phi) is 4.66. The molecule has 9 heavy (non-hydrogen) atoms. The van der Waals surface area contributed by atoms with Crippen molar-refractivity contribution in [2.45, 2.75) is 13.8 Å². The van der Waals surface area contributed by atoms with E-state index in [-0.39, 0.29) is 0 Å². The van der Waals surface area contributed by atoms with E-state index in [0.29, 0.717) is 0 Å². The van der Waals surface area contributed by atoms with E-state index in [1.54, 1.807) is 0 Å². The van der Waals surface area contributed by atoms with Gasteiger partial charge in [0.05, 0.1) is 0 Å². The van der Waals surface area contributed by atoms with Crippen LogP contribution in [-0.2, 0) is 0 Å². The van der Waals surface area contributed by atoms with E-state index in [1.165, 1.54) is 24.4 Å². The molecule has 0 saturated carbocycles. The van der Waals surface area contributed by atoms with Crippen LogP contribution in [0.5, 0.6) is 0 Å². The Hall–Kier alpha value is 0.560. The van der Waals surface area contributed by atoms with Gasteiger partial charge in [-0.3, -0.25) is 0 Å². The van der Waals surface area contributed by atoms with Crippen LogP contribution in [0.15, 0.2) is 0 Å². The molecule has 0 N–H and O–H groups in total. The van der Waals surface area contributed by atoms with E-state index in [2.05, 4.69) is 29.5 Å². The molecule has 0 saturated heterocycles. The van der Waals surface area contributed by atoms with Gasteiger partial charge in [-0.15, -0.1) is 0 Å². The first-order valence-electron chi connectivity index (χ1n) is 4.24. The molecule has 0 aromatic heterocycles. The first-order valence-corrected chi connectivity index (χ1v) is 7.07. The van der Waals surface area contributed by atoms with Gasteiger partial charge in [0.1, 0.15) is 0 Å². The van der Waals surface area contributed by atoms with E-state index in [1.807, 2.05) is 0 Å². The third-order valence-corrected chi connectivity index (χ3v) is 9.00. The molecule has 0 aliphatic carbocycles. The summed E-state index contributed by atoms with van der Waals surface area (Å²) in [5.74, 6) is 0. The zero-order valence-electron chi connectivity index (χ0n) is 7.33. The number of hydrogen-bond acceptors (Lipinski definition) is 0. The Labute approximate surface area is 62.0 Å². The van der Waals surface area contributed by atoms with Crippen LogP contribution in [0.2, 0.25) is 0 Å². The molecule has 0 fully saturated rings. The topological polar surface area (TPSA) is 0 Å². The Morgan fingerprint density at radius 3 is 1.33 bits per heavy atom. The van der Waals surface area contributed by atoms with Crippen LogP contribution < -0.4 is 0 Å². The van der Waals surface area contributed by atoms with Crippen LogP contribution in [0.4, 0.5) is 0 Å². The van der Waals surface area contributed by atoms with Crippen molar-refractivity contribution < 1.29 is 0 Å². The van der Waals surface area contributed by atoms with E-state index in [9.17, 15) is 0 Å². The summed E-state index contributed by atoms with van der Waals surface area (Å²) in [5, 5.41) is 0. The summed E-state index contributed by atoms with van der Waals surface area (Å²) in [7, 11) is 4.04. The molecule has 0 bridgehead atoms. The van der Waals surface area contributed by atoms with Gasteiger partial charge in [0, 0.05) is 0 Å². The molecule has 0 spiro atoms. The van der Waals surface area contributed by atoms with Gasteiger partial charge in [-0.1, -0.05) is 0 Å². The Balaban J connectivity index is 3.82. The van der Waals surface area contributed by atoms with E-state index < -0.39 is 7.26 Å². The second-order valence-corrected chi connectivity index (χ2v) is 8.74. The van der Waals surface area contributed by atoms with Gasteiger partial charge in [-0.05, 0) is 0 Å². The first-order chi connectivity index (χ1) is 4.24. The summed E-state index contributed by atoms with van der Waals surface area (Å²) in [5.41, 5.74) is 0. The van der Waals surface area contributed by atoms with E-state index in [4.69, 9.17) is 0 Å². The quantitative estimate of drug-likeness (QED) is 0.383. The molecule has 54 valence electrons. The van der Waals surface area contributed by atoms with Crippen LogP contribution in [0, 0.1) is 0 Å². The Morgan fingerprint density at radius 2 is 1.33 bits per heavy atom. The zero-order valence-corrected chi connectivity index (χ0v) is 8.33. The molecule has 0 aromatic carbocycles. The van der Waals surface area contributed by atoms with Gasteiger partial charge < -0.3 is 0 Å². The molecule has 0 aliphatic rings. The van der Waals surface area contributed by atoms with Gasteiger partial charge in [0.2, 0.25) is 0 Å².